The second-order valence-electron chi connectivity index (χ2n) is 4.66. The number of Topliss-reactive ketones (excluding diaryl/α,β-unsaturated/α-hetero) is 2. The maximum absolute atomic E-state index is 12.3. The number of halogens is 1. The summed E-state index contributed by atoms with van der Waals surface area (Å²) in [6, 6.07) is 0. The minimum Gasteiger partial charge on any atom is -0.481 e. The number of carbonyl (C=O) groups is 3. The number of aliphatic carboxylic acids is 1. The molecule has 2 aliphatic carbocycles. The molecule has 0 bridgehead atoms. The summed E-state index contributed by atoms with van der Waals surface area (Å²) in [4.78, 5) is 35.0. The highest BCUT2D eigenvalue weighted by Crippen LogP contribution is 2.34. The number of carboxylic acid groups (broad SMARTS) is 1. The molecule has 2 rings (SSSR count). The van der Waals surface area contributed by atoms with E-state index in [-0.39, 0.29) is 28.2 Å². The molecule has 6 heteroatoms. The molecule has 0 saturated carbocycles. The molecular weight excluding hydrogens is 326 g/mol. The van der Waals surface area contributed by atoms with E-state index < -0.39 is 17.8 Å². The maximum atomic E-state index is 12.3. The summed E-state index contributed by atoms with van der Waals surface area (Å²) in [7, 11) is 0. The first-order valence-corrected chi connectivity index (χ1v) is 7.10. The van der Waals surface area contributed by atoms with Gasteiger partial charge < -0.3 is 10.4 Å². The maximum Gasteiger partial charge on any atom is 0.303 e. The lowest BCUT2D eigenvalue weighted by Gasteiger charge is -2.28. The molecule has 2 atom stereocenters. The van der Waals surface area contributed by atoms with E-state index in [0.29, 0.717) is 13.0 Å². The number of hydrogen-bond acceptors (Lipinski definition) is 4. The van der Waals surface area contributed by atoms with Gasteiger partial charge in [-0.3, -0.25) is 14.4 Å². The Labute approximate surface area is 124 Å². The van der Waals surface area contributed by atoms with Crippen LogP contribution in [0.25, 0.3) is 0 Å². The molecular formula is C14H14BrNO4. The standard InChI is InChI=1S/C14H14BrNO4/c15-11-12(16-7-3-6-10(17)18)14(20)9-5-2-1-4-8(9)13(11)19/h1-2,4-5,8-9,16H,3,6-7H2,(H,17,18). The highest BCUT2D eigenvalue weighted by molar-refractivity contribution is 9.12. The number of carbonyl (C=O) groups excluding carboxylic acids is 2. The molecule has 0 aromatic rings. The average Bonchev–Trinajstić information content (AvgIpc) is 2.44. The van der Waals surface area contributed by atoms with Crippen LogP contribution in [0.5, 0.6) is 0 Å². The predicted molar refractivity (Wildman–Crippen MR) is 76.1 cm³/mol. The third-order valence-electron chi connectivity index (χ3n) is 3.29. The Bertz CT molecular complexity index is 547. The van der Waals surface area contributed by atoms with Crippen LogP contribution in [0.4, 0.5) is 0 Å². The quantitative estimate of drug-likeness (QED) is 0.742. The second-order valence-corrected chi connectivity index (χ2v) is 5.46. The monoisotopic (exact) mass is 339 g/mol. The van der Waals surface area contributed by atoms with Crippen molar-refractivity contribution in [1.29, 1.82) is 0 Å². The van der Waals surface area contributed by atoms with E-state index in [4.69, 9.17) is 5.11 Å². The van der Waals surface area contributed by atoms with Gasteiger partial charge in [-0.15, -0.1) is 0 Å². The van der Waals surface area contributed by atoms with Crippen LogP contribution < -0.4 is 5.32 Å². The number of hydrogen-bond donors (Lipinski definition) is 2. The van der Waals surface area contributed by atoms with E-state index in [1.165, 1.54) is 0 Å². The number of rotatable bonds is 5. The number of nitrogens with one attached hydrogen (secondary N) is 1. The van der Waals surface area contributed by atoms with Gasteiger partial charge in [-0.1, -0.05) is 24.3 Å². The molecule has 0 aromatic heterocycles. The lowest BCUT2D eigenvalue weighted by Crippen LogP contribution is -2.40. The Morgan fingerprint density at radius 2 is 1.80 bits per heavy atom. The van der Waals surface area contributed by atoms with E-state index in [1.54, 1.807) is 24.3 Å². The fraction of sp³-hybridized carbons (Fsp3) is 0.357. The summed E-state index contributed by atoms with van der Waals surface area (Å²) in [6.07, 6.45) is 7.39. The van der Waals surface area contributed by atoms with Gasteiger partial charge in [0, 0.05) is 13.0 Å². The van der Waals surface area contributed by atoms with Gasteiger partial charge in [0.2, 0.25) is 0 Å². The number of carboxylic acids is 1. The van der Waals surface area contributed by atoms with Crippen molar-refractivity contribution >= 4 is 33.5 Å². The summed E-state index contributed by atoms with van der Waals surface area (Å²) < 4.78 is 0.249. The van der Waals surface area contributed by atoms with Crippen molar-refractivity contribution in [3.8, 4) is 0 Å². The Morgan fingerprint density at radius 3 is 2.40 bits per heavy atom. The molecule has 2 N–H and O–H groups in total. The molecule has 20 heavy (non-hydrogen) atoms. The van der Waals surface area contributed by atoms with Gasteiger partial charge >= 0.3 is 5.97 Å². The molecule has 0 fully saturated rings. The first-order valence-electron chi connectivity index (χ1n) is 6.31. The molecule has 0 aliphatic heterocycles. The Morgan fingerprint density at radius 1 is 1.20 bits per heavy atom. The SMILES string of the molecule is O=C(O)CCCNC1=C(Br)C(=O)C2C=CC=CC2C1=O. The number of allylic oxidation sites excluding steroid dienone is 6. The largest absolute Gasteiger partial charge is 0.481 e. The van der Waals surface area contributed by atoms with Crippen LogP contribution in [0.3, 0.4) is 0 Å². The zero-order chi connectivity index (χ0) is 14.7. The van der Waals surface area contributed by atoms with Crippen LogP contribution in [-0.2, 0) is 14.4 Å². The third-order valence-corrected chi connectivity index (χ3v) is 4.08. The second kappa shape index (κ2) is 6.17. The molecule has 106 valence electrons. The average molecular weight is 340 g/mol. The van der Waals surface area contributed by atoms with Crippen molar-refractivity contribution in [2.24, 2.45) is 11.8 Å². The molecule has 0 aromatic carbocycles. The lowest BCUT2D eigenvalue weighted by atomic mass is 9.77. The van der Waals surface area contributed by atoms with Crippen LogP contribution in [-0.4, -0.2) is 29.2 Å². The molecule has 0 amide bonds. The smallest absolute Gasteiger partial charge is 0.303 e. The van der Waals surface area contributed by atoms with E-state index in [9.17, 15) is 14.4 Å². The van der Waals surface area contributed by atoms with Gasteiger partial charge in [-0.05, 0) is 22.4 Å². The Kier molecular flexibility index (Phi) is 4.54. The number of ketones is 2. The van der Waals surface area contributed by atoms with Gasteiger partial charge in [0.25, 0.3) is 0 Å². The van der Waals surface area contributed by atoms with E-state index in [1.807, 2.05) is 0 Å². The summed E-state index contributed by atoms with van der Waals surface area (Å²) in [6.45, 7) is 0.340. The van der Waals surface area contributed by atoms with Crippen molar-refractivity contribution in [2.75, 3.05) is 6.54 Å². The molecule has 0 radical (unpaired) electrons. The lowest BCUT2D eigenvalue weighted by molar-refractivity contribution is -0.137. The van der Waals surface area contributed by atoms with Crippen molar-refractivity contribution in [3.63, 3.8) is 0 Å². The molecule has 0 spiro atoms. The highest BCUT2D eigenvalue weighted by Gasteiger charge is 2.40. The topological polar surface area (TPSA) is 83.5 Å². The first kappa shape index (κ1) is 14.7. The van der Waals surface area contributed by atoms with Gasteiger partial charge in [0.15, 0.2) is 11.6 Å². The zero-order valence-corrected chi connectivity index (χ0v) is 12.2. The normalized spacial score (nSPS) is 24.9. The van der Waals surface area contributed by atoms with Crippen LogP contribution >= 0.6 is 15.9 Å². The van der Waals surface area contributed by atoms with Crippen LogP contribution in [0, 0.1) is 11.8 Å². The minimum atomic E-state index is -0.883. The molecule has 2 aliphatic rings. The first-order chi connectivity index (χ1) is 9.52. The Hall–Kier alpha value is -1.69. The minimum absolute atomic E-state index is 0.0225. The van der Waals surface area contributed by atoms with Crippen molar-refractivity contribution in [2.45, 2.75) is 12.8 Å². The predicted octanol–water partition coefficient (Wildman–Crippen LogP) is 1.56. The summed E-state index contributed by atoms with van der Waals surface area (Å²) >= 11 is 3.18. The van der Waals surface area contributed by atoms with Crippen molar-refractivity contribution < 1.29 is 19.5 Å². The van der Waals surface area contributed by atoms with Gasteiger partial charge in [-0.25, -0.2) is 0 Å². The van der Waals surface area contributed by atoms with Crippen molar-refractivity contribution in [3.05, 3.63) is 34.5 Å². The zero-order valence-electron chi connectivity index (χ0n) is 10.6. The summed E-state index contributed by atoms with van der Waals surface area (Å²) in [5, 5.41) is 11.4. The van der Waals surface area contributed by atoms with Crippen LogP contribution in [0.1, 0.15) is 12.8 Å². The number of fused-ring (bicyclic) bond motifs is 1. The molecule has 5 nitrogen and oxygen atoms in total. The van der Waals surface area contributed by atoms with E-state index in [0.717, 1.165) is 0 Å². The van der Waals surface area contributed by atoms with Crippen LogP contribution in [0.2, 0.25) is 0 Å². The molecule has 0 heterocycles. The van der Waals surface area contributed by atoms with Crippen molar-refractivity contribution in [1.82, 2.24) is 5.32 Å². The van der Waals surface area contributed by atoms with Gasteiger partial charge in [0.1, 0.15) is 0 Å². The van der Waals surface area contributed by atoms with E-state index in [2.05, 4.69) is 21.2 Å². The van der Waals surface area contributed by atoms with Gasteiger partial charge in [-0.2, -0.15) is 0 Å². The fourth-order valence-corrected chi connectivity index (χ4v) is 2.87. The van der Waals surface area contributed by atoms with Gasteiger partial charge in [0.05, 0.1) is 22.0 Å². The van der Waals surface area contributed by atoms with Crippen LogP contribution in [0.15, 0.2) is 34.5 Å². The summed E-state index contributed by atoms with van der Waals surface area (Å²) in [5.41, 5.74) is 0.251. The third kappa shape index (κ3) is 2.90. The molecule has 0 saturated heterocycles. The fourth-order valence-electron chi connectivity index (χ4n) is 2.27. The highest BCUT2D eigenvalue weighted by atomic mass is 79.9. The summed E-state index contributed by atoms with van der Waals surface area (Å²) in [5.74, 6) is -2.05. The Balaban J connectivity index is 2.10. The molecule has 2 unspecified atom stereocenters. The van der Waals surface area contributed by atoms with E-state index >= 15 is 0 Å².